The number of benzene rings is 1. The summed E-state index contributed by atoms with van der Waals surface area (Å²) in [6.45, 7) is 0.260. The number of ether oxygens (including phenoxy) is 1. The second-order valence-corrected chi connectivity index (χ2v) is 10.5. The number of rotatable bonds is 7. The lowest BCUT2D eigenvalue weighted by Crippen LogP contribution is -2.41. The van der Waals surface area contributed by atoms with Gasteiger partial charge in [0.25, 0.3) is 5.91 Å². The van der Waals surface area contributed by atoms with Crippen molar-refractivity contribution in [3.63, 3.8) is 0 Å². The van der Waals surface area contributed by atoms with Gasteiger partial charge in [0, 0.05) is 31.1 Å². The number of sulfonamides is 1. The summed E-state index contributed by atoms with van der Waals surface area (Å²) in [6, 6.07) is 9.75. The summed E-state index contributed by atoms with van der Waals surface area (Å²) in [7, 11) is -3.82. The zero-order valence-electron chi connectivity index (χ0n) is 16.4. The van der Waals surface area contributed by atoms with Crippen LogP contribution in [-0.2, 0) is 26.1 Å². The Bertz CT molecular complexity index is 1030. The molecule has 0 spiro atoms. The topological polar surface area (TPSA) is 122 Å². The van der Waals surface area contributed by atoms with E-state index in [-0.39, 0.29) is 16.3 Å². The van der Waals surface area contributed by atoms with Crippen LogP contribution in [0.1, 0.15) is 15.2 Å². The minimum atomic E-state index is -3.82. The van der Waals surface area contributed by atoms with Gasteiger partial charge >= 0.3 is 12.0 Å². The van der Waals surface area contributed by atoms with Crippen molar-refractivity contribution < 1.29 is 27.5 Å². The maximum absolute atomic E-state index is 12.8. The van der Waals surface area contributed by atoms with Crippen molar-refractivity contribution in [2.75, 3.05) is 31.2 Å². The van der Waals surface area contributed by atoms with Gasteiger partial charge in [-0.1, -0.05) is 30.3 Å². The number of nitrogens with zero attached hydrogens (tertiary/aromatic N) is 1. The summed E-state index contributed by atoms with van der Waals surface area (Å²) in [6.07, 6.45) is 0. The molecule has 1 aliphatic rings. The molecule has 3 amide bonds. The molecule has 2 aromatic rings. The maximum Gasteiger partial charge on any atom is 0.350 e. The van der Waals surface area contributed by atoms with E-state index in [9.17, 15) is 22.8 Å². The molecule has 0 unspecified atom stereocenters. The molecule has 1 aromatic heterocycles. The minimum absolute atomic E-state index is 0.0976. The Morgan fingerprint density at radius 3 is 2.48 bits per heavy atom. The zero-order chi connectivity index (χ0) is 22.3. The third-order valence-corrected chi connectivity index (χ3v) is 8.19. The summed E-state index contributed by atoms with van der Waals surface area (Å²) >= 11 is 2.59. The quantitative estimate of drug-likeness (QED) is 0.575. The van der Waals surface area contributed by atoms with Crippen molar-refractivity contribution in [2.45, 2.75) is 11.4 Å². The van der Waals surface area contributed by atoms with Gasteiger partial charge in [-0.15, -0.1) is 11.3 Å². The second kappa shape index (κ2) is 10.8. The molecule has 166 valence electrons. The van der Waals surface area contributed by atoms with Crippen molar-refractivity contribution in [3.8, 4) is 0 Å². The number of hydrogen-bond acceptors (Lipinski definition) is 8. The number of amides is 3. The number of nitrogens with one attached hydrogen (secondary N) is 2. The van der Waals surface area contributed by atoms with Gasteiger partial charge in [-0.25, -0.2) is 18.0 Å². The molecule has 1 saturated heterocycles. The van der Waals surface area contributed by atoms with E-state index >= 15 is 0 Å². The van der Waals surface area contributed by atoms with Gasteiger partial charge in [0.05, 0.1) is 0 Å². The van der Waals surface area contributed by atoms with E-state index in [1.807, 2.05) is 30.3 Å². The molecule has 0 atom stereocenters. The first-order valence-corrected chi connectivity index (χ1v) is 12.8. The third-order valence-electron chi connectivity index (χ3n) is 4.29. The number of thioether (sulfide) groups is 1. The van der Waals surface area contributed by atoms with E-state index in [1.165, 1.54) is 15.8 Å². The first-order valence-electron chi connectivity index (χ1n) is 9.32. The van der Waals surface area contributed by atoms with Gasteiger partial charge in [-0.3, -0.25) is 10.1 Å². The number of esters is 1. The molecule has 3 rings (SSSR count). The smallest absolute Gasteiger partial charge is 0.350 e. The van der Waals surface area contributed by atoms with Crippen molar-refractivity contribution in [1.82, 2.24) is 14.9 Å². The molecule has 1 aliphatic heterocycles. The lowest BCUT2D eigenvalue weighted by atomic mass is 10.2. The van der Waals surface area contributed by atoms with Crippen LogP contribution >= 0.6 is 23.1 Å². The molecule has 2 N–H and O–H groups in total. The first kappa shape index (κ1) is 23.3. The molecule has 9 nitrogen and oxygen atoms in total. The SMILES string of the molecule is O=C(COC(=O)c1sccc1S(=O)(=O)N1CCSCC1)NC(=O)NCc1ccccc1. The van der Waals surface area contributed by atoms with Gasteiger partial charge < -0.3 is 10.1 Å². The number of carbonyl (C=O) groups excluding carboxylic acids is 3. The van der Waals surface area contributed by atoms with Crippen molar-refractivity contribution in [1.29, 1.82) is 0 Å². The van der Waals surface area contributed by atoms with E-state index in [0.29, 0.717) is 24.6 Å². The van der Waals surface area contributed by atoms with Crippen LogP contribution in [-0.4, -0.2) is 61.8 Å². The Labute approximate surface area is 188 Å². The summed E-state index contributed by atoms with van der Waals surface area (Å²) in [5.41, 5.74) is 0.857. The average Bonchev–Trinajstić information content (AvgIpc) is 3.28. The Morgan fingerprint density at radius 2 is 1.77 bits per heavy atom. The fourth-order valence-corrected chi connectivity index (χ4v) is 6.62. The molecule has 0 aliphatic carbocycles. The standard InChI is InChI=1S/C19H21N3O6S3/c23-16(21-19(25)20-12-14-4-2-1-3-5-14)13-28-18(24)17-15(6-9-30-17)31(26,27)22-7-10-29-11-8-22/h1-6,9H,7-8,10-13H2,(H2,20,21,23,25). The highest BCUT2D eigenvalue weighted by atomic mass is 32.2. The largest absolute Gasteiger partial charge is 0.451 e. The molecule has 1 fully saturated rings. The minimum Gasteiger partial charge on any atom is -0.451 e. The van der Waals surface area contributed by atoms with E-state index in [2.05, 4.69) is 10.6 Å². The summed E-state index contributed by atoms with van der Waals surface area (Å²) in [4.78, 5) is 35.8. The van der Waals surface area contributed by atoms with E-state index in [1.54, 1.807) is 11.8 Å². The summed E-state index contributed by atoms with van der Waals surface area (Å²) in [5.74, 6) is -0.376. The van der Waals surface area contributed by atoms with Gasteiger partial charge in [-0.05, 0) is 17.0 Å². The fourth-order valence-electron chi connectivity index (χ4n) is 2.76. The van der Waals surface area contributed by atoms with E-state index in [0.717, 1.165) is 16.9 Å². The monoisotopic (exact) mass is 483 g/mol. The molecular formula is C19H21N3O6S3. The fraction of sp³-hybridized carbons (Fsp3) is 0.316. The molecule has 0 radical (unpaired) electrons. The normalized spacial score (nSPS) is 14.6. The van der Waals surface area contributed by atoms with Crippen LogP contribution in [0.5, 0.6) is 0 Å². The lowest BCUT2D eigenvalue weighted by Gasteiger charge is -2.25. The Hall–Kier alpha value is -2.41. The highest BCUT2D eigenvalue weighted by Crippen LogP contribution is 2.27. The first-order chi connectivity index (χ1) is 14.9. The van der Waals surface area contributed by atoms with Gasteiger partial charge in [-0.2, -0.15) is 16.1 Å². The average molecular weight is 484 g/mol. The number of urea groups is 1. The van der Waals surface area contributed by atoms with Crippen molar-refractivity contribution >= 4 is 51.0 Å². The Balaban J connectivity index is 1.51. The van der Waals surface area contributed by atoms with Crippen LogP contribution in [0.2, 0.25) is 0 Å². The molecule has 1 aromatic carbocycles. The summed E-state index contributed by atoms with van der Waals surface area (Å²) < 4.78 is 31.9. The third kappa shape index (κ3) is 6.29. The van der Waals surface area contributed by atoms with Crippen LogP contribution in [0, 0.1) is 0 Å². The van der Waals surface area contributed by atoms with Gasteiger partial charge in [0.15, 0.2) is 6.61 Å². The molecular weight excluding hydrogens is 462 g/mol. The number of carbonyl (C=O) groups is 3. The zero-order valence-corrected chi connectivity index (χ0v) is 18.9. The van der Waals surface area contributed by atoms with E-state index < -0.39 is 34.5 Å². The van der Waals surface area contributed by atoms with Crippen LogP contribution in [0.3, 0.4) is 0 Å². The Kier molecular flexibility index (Phi) is 8.07. The highest BCUT2D eigenvalue weighted by Gasteiger charge is 2.31. The van der Waals surface area contributed by atoms with Crippen LogP contribution in [0.15, 0.2) is 46.7 Å². The number of hydrogen-bond donors (Lipinski definition) is 2. The predicted molar refractivity (Wildman–Crippen MR) is 118 cm³/mol. The predicted octanol–water partition coefficient (Wildman–Crippen LogP) is 1.67. The van der Waals surface area contributed by atoms with Crippen LogP contribution < -0.4 is 10.6 Å². The van der Waals surface area contributed by atoms with E-state index in [4.69, 9.17) is 4.74 Å². The van der Waals surface area contributed by atoms with Gasteiger partial charge in [0.2, 0.25) is 10.0 Å². The number of thiophene rings is 1. The molecule has 12 heteroatoms. The van der Waals surface area contributed by atoms with Crippen LogP contribution in [0.25, 0.3) is 0 Å². The highest BCUT2D eigenvalue weighted by molar-refractivity contribution is 7.99. The molecule has 2 heterocycles. The second-order valence-electron chi connectivity index (χ2n) is 6.42. The lowest BCUT2D eigenvalue weighted by molar-refractivity contribution is -0.123. The maximum atomic E-state index is 12.8. The molecule has 0 bridgehead atoms. The van der Waals surface area contributed by atoms with Crippen molar-refractivity contribution in [3.05, 3.63) is 52.2 Å². The Morgan fingerprint density at radius 1 is 1.06 bits per heavy atom. The van der Waals surface area contributed by atoms with Crippen molar-refractivity contribution in [2.24, 2.45) is 0 Å². The van der Waals surface area contributed by atoms with Crippen LogP contribution in [0.4, 0.5) is 4.79 Å². The molecule has 0 saturated carbocycles. The molecule has 31 heavy (non-hydrogen) atoms. The van der Waals surface area contributed by atoms with Gasteiger partial charge in [0.1, 0.15) is 9.77 Å². The summed E-state index contributed by atoms with van der Waals surface area (Å²) in [5, 5.41) is 6.06. The number of imide groups is 1.